The molecule has 3 rings (SSSR count). The topological polar surface area (TPSA) is 20.3 Å². The molecule has 0 radical (unpaired) electrons. The minimum atomic E-state index is -0.306. The first-order valence-electron chi connectivity index (χ1n) is 9.30. The van der Waals surface area contributed by atoms with Gasteiger partial charge in [-0.05, 0) is 35.4 Å². The summed E-state index contributed by atoms with van der Waals surface area (Å²) in [5.74, 6) is 0.864. The van der Waals surface area contributed by atoms with E-state index in [0.29, 0.717) is 12.0 Å². The van der Waals surface area contributed by atoms with Crippen LogP contribution in [0.3, 0.4) is 0 Å². The van der Waals surface area contributed by atoms with Crippen LogP contribution in [0, 0.1) is 11.3 Å². The van der Waals surface area contributed by atoms with Crippen molar-refractivity contribution in [2.45, 2.75) is 46.6 Å². The number of hydrogen-bond acceptors (Lipinski definition) is 1. The van der Waals surface area contributed by atoms with Crippen LogP contribution in [0.2, 0.25) is 0 Å². The summed E-state index contributed by atoms with van der Waals surface area (Å²) in [7, 11) is 0. The Balaban J connectivity index is 1.73. The van der Waals surface area contributed by atoms with E-state index < -0.39 is 0 Å². The van der Waals surface area contributed by atoms with Gasteiger partial charge in [0.25, 0.3) is 0 Å². The fourth-order valence-electron chi connectivity index (χ4n) is 3.76. The molecule has 2 nitrogen and oxygen atoms in total. The summed E-state index contributed by atoms with van der Waals surface area (Å²) in [6, 6.07) is 19.6. The highest BCUT2D eigenvalue weighted by molar-refractivity contribution is 5.82. The van der Waals surface area contributed by atoms with Crippen molar-refractivity contribution in [3.63, 3.8) is 0 Å². The second-order valence-corrected chi connectivity index (χ2v) is 8.47. The minimum Gasteiger partial charge on any atom is -0.339 e. The van der Waals surface area contributed by atoms with Gasteiger partial charge in [-0.25, -0.2) is 0 Å². The molecular formula is C23H29NO. The van der Waals surface area contributed by atoms with Crippen LogP contribution in [0.5, 0.6) is 0 Å². The number of hydrogen-bond donors (Lipinski definition) is 0. The lowest BCUT2D eigenvalue weighted by Crippen LogP contribution is -2.43. The number of carbonyl (C=O) groups excluding carboxylic acids is 1. The highest BCUT2D eigenvalue weighted by atomic mass is 16.2. The third kappa shape index (κ3) is 4.12. The molecule has 0 bridgehead atoms. The van der Waals surface area contributed by atoms with Gasteiger partial charge in [-0.3, -0.25) is 4.79 Å². The zero-order chi connectivity index (χ0) is 18.0. The maximum absolute atomic E-state index is 12.8. The molecule has 1 aliphatic heterocycles. The lowest BCUT2D eigenvalue weighted by atomic mass is 9.93. The lowest BCUT2D eigenvalue weighted by Gasteiger charge is -2.31. The van der Waals surface area contributed by atoms with Crippen molar-refractivity contribution in [1.29, 1.82) is 0 Å². The Morgan fingerprint density at radius 3 is 2.20 bits per heavy atom. The molecule has 2 aromatic rings. The molecule has 0 aliphatic carbocycles. The largest absolute Gasteiger partial charge is 0.339 e. The SMILES string of the molecule is C[C@@H]1C[C@@H](Cc2ccc(-c3ccccc3)cc2)N(C(=O)C(C)(C)C)C1. The average molecular weight is 335 g/mol. The molecule has 1 heterocycles. The van der Waals surface area contributed by atoms with Crippen LogP contribution < -0.4 is 0 Å². The van der Waals surface area contributed by atoms with Crippen LogP contribution in [-0.2, 0) is 11.2 Å². The summed E-state index contributed by atoms with van der Waals surface area (Å²) in [6.45, 7) is 9.20. The molecular weight excluding hydrogens is 306 g/mol. The van der Waals surface area contributed by atoms with E-state index in [9.17, 15) is 4.79 Å². The van der Waals surface area contributed by atoms with E-state index in [4.69, 9.17) is 0 Å². The number of nitrogens with zero attached hydrogens (tertiary/aromatic N) is 1. The lowest BCUT2D eigenvalue weighted by molar-refractivity contribution is -0.140. The van der Waals surface area contributed by atoms with E-state index in [1.54, 1.807) is 0 Å². The standard InChI is InChI=1S/C23H29NO/c1-17-14-21(24(16-17)22(25)23(2,3)4)15-18-10-12-20(13-11-18)19-8-6-5-7-9-19/h5-13,17,21H,14-16H2,1-4H3/t17-,21+/m1/s1. The molecule has 0 aromatic heterocycles. The Hall–Kier alpha value is -2.09. The first-order valence-corrected chi connectivity index (χ1v) is 9.30. The van der Waals surface area contributed by atoms with Gasteiger partial charge in [-0.1, -0.05) is 82.3 Å². The van der Waals surface area contributed by atoms with Crippen molar-refractivity contribution in [3.05, 3.63) is 60.2 Å². The highest BCUT2D eigenvalue weighted by Gasteiger charge is 2.37. The molecule has 0 spiro atoms. The van der Waals surface area contributed by atoms with Gasteiger partial charge in [-0.2, -0.15) is 0 Å². The fraction of sp³-hybridized carbons (Fsp3) is 0.435. The van der Waals surface area contributed by atoms with E-state index >= 15 is 0 Å². The number of amides is 1. The maximum Gasteiger partial charge on any atom is 0.228 e. The van der Waals surface area contributed by atoms with Gasteiger partial charge in [0.05, 0.1) is 0 Å². The van der Waals surface area contributed by atoms with Crippen LogP contribution in [0.1, 0.15) is 39.7 Å². The van der Waals surface area contributed by atoms with Gasteiger partial charge in [0.2, 0.25) is 5.91 Å². The third-order valence-electron chi connectivity index (χ3n) is 5.06. The second kappa shape index (κ2) is 7.03. The Labute approximate surface area is 151 Å². The minimum absolute atomic E-state index is 0.280. The number of rotatable bonds is 3. The molecule has 132 valence electrons. The van der Waals surface area contributed by atoms with Crippen molar-refractivity contribution in [2.75, 3.05) is 6.54 Å². The van der Waals surface area contributed by atoms with E-state index in [1.807, 2.05) is 26.8 Å². The van der Waals surface area contributed by atoms with Gasteiger partial charge in [0.1, 0.15) is 0 Å². The molecule has 2 atom stereocenters. The molecule has 1 amide bonds. The number of carbonyl (C=O) groups is 1. The quantitative estimate of drug-likeness (QED) is 0.757. The van der Waals surface area contributed by atoms with E-state index in [1.165, 1.54) is 16.7 Å². The molecule has 0 N–H and O–H groups in total. The van der Waals surface area contributed by atoms with E-state index in [0.717, 1.165) is 19.4 Å². The van der Waals surface area contributed by atoms with E-state index in [-0.39, 0.29) is 11.3 Å². The maximum atomic E-state index is 12.8. The average Bonchev–Trinajstić information content (AvgIpc) is 2.95. The van der Waals surface area contributed by atoms with Crippen LogP contribution >= 0.6 is 0 Å². The summed E-state index contributed by atoms with van der Waals surface area (Å²) in [4.78, 5) is 14.9. The third-order valence-corrected chi connectivity index (χ3v) is 5.06. The second-order valence-electron chi connectivity index (χ2n) is 8.47. The van der Waals surface area contributed by atoms with Crippen molar-refractivity contribution in [3.8, 4) is 11.1 Å². The normalized spacial score (nSPS) is 20.7. The molecule has 1 aliphatic rings. The Morgan fingerprint density at radius 1 is 1.00 bits per heavy atom. The predicted molar refractivity (Wildman–Crippen MR) is 104 cm³/mol. The Morgan fingerprint density at radius 2 is 1.60 bits per heavy atom. The fourth-order valence-corrected chi connectivity index (χ4v) is 3.76. The summed E-state index contributed by atoms with van der Waals surface area (Å²) in [5.41, 5.74) is 3.49. The molecule has 1 saturated heterocycles. The monoisotopic (exact) mass is 335 g/mol. The Bertz CT molecular complexity index is 712. The van der Waals surface area contributed by atoms with Crippen LogP contribution in [0.15, 0.2) is 54.6 Å². The van der Waals surface area contributed by atoms with Crippen LogP contribution in [-0.4, -0.2) is 23.4 Å². The van der Waals surface area contributed by atoms with E-state index in [2.05, 4.69) is 60.4 Å². The van der Waals surface area contributed by atoms with Crippen molar-refractivity contribution in [2.24, 2.45) is 11.3 Å². The first kappa shape index (κ1) is 17.7. The molecule has 2 heteroatoms. The van der Waals surface area contributed by atoms with Crippen LogP contribution in [0.4, 0.5) is 0 Å². The zero-order valence-corrected chi connectivity index (χ0v) is 15.8. The van der Waals surface area contributed by atoms with Gasteiger partial charge in [0, 0.05) is 18.0 Å². The molecule has 0 unspecified atom stereocenters. The molecule has 25 heavy (non-hydrogen) atoms. The summed E-state index contributed by atoms with van der Waals surface area (Å²) < 4.78 is 0. The Kier molecular flexibility index (Phi) is 4.99. The highest BCUT2D eigenvalue weighted by Crippen LogP contribution is 2.30. The smallest absolute Gasteiger partial charge is 0.228 e. The van der Waals surface area contributed by atoms with Crippen molar-refractivity contribution >= 4 is 5.91 Å². The first-order chi connectivity index (χ1) is 11.8. The number of likely N-dealkylation sites (tertiary alicyclic amines) is 1. The number of benzene rings is 2. The summed E-state index contributed by atoms with van der Waals surface area (Å²) in [5, 5.41) is 0. The predicted octanol–water partition coefficient (Wildman–Crippen LogP) is 5.18. The van der Waals surface area contributed by atoms with Crippen molar-refractivity contribution in [1.82, 2.24) is 4.90 Å². The van der Waals surface area contributed by atoms with Gasteiger partial charge in [0.15, 0.2) is 0 Å². The zero-order valence-electron chi connectivity index (χ0n) is 15.8. The molecule has 0 saturated carbocycles. The van der Waals surface area contributed by atoms with Gasteiger partial charge < -0.3 is 4.90 Å². The molecule has 2 aromatic carbocycles. The summed E-state index contributed by atoms with van der Waals surface area (Å²) in [6.07, 6.45) is 2.05. The van der Waals surface area contributed by atoms with Crippen LogP contribution in [0.25, 0.3) is 11.1 Å². The van der Waals surface area contributed by atoms with Gasteiger partial charge >= 0.3 is 0 Å². The summed E-state index contributed by atoms with van der Waals surface area (Å²) >= 11 is 0. The molecule has 1 fully saturated rings. The van der Waals surface area contributed by atoms with Crippen molar-refractivity contribution < 1.29 is 4.79 Å². The van der Waals surface area contributed by atoms with Gasteiger partial charge in [-0.15, -0.1) is 0 Å².